The fourth-order valence-corrected chi connectivity index (χ4v) is 3.35. The number of hydrogen-bond acceptors (Lipinski definition) is 5. The minimum absolute atomic E-state index is 0.100. The van der Waals surface area contributed by atoms with Crippen LogP contribution in [0.25, 0.3) is 0 Å². The van der Waals surface area contributed by atoms with Crippen molar-refractivity contribution in [3.63, 3.8) is 0 Å². The van der Waals surface area contributed by atoms with E-state index >= 15 is 0 Å². The molecule has 1 heterocycles. The molecule has 0 aliphatic rings. The first kappa shape index (κ1) is 23.3. The molecule has 0 atom stereocenters. The van der Waals surface area contributed by atoms with Gasteiger partial charge < -0.3 is 9.84 Å². The molecule has 1 aromatic rings. The van der Waals surface area contributed by atoms with Gasteiger partial charge in [0.2, 0.25) is 5.88 Å². The van der Waals surface area contributed by atoms with Crippen molar-refractivity contribution in [1.82, 2.24) is 10.5 Å². The van der Waals surface area contributed by atoms with Crippen LogP contribution in [-0.2, 0) is 15.3 Å². The number of anilines is 1. The fraction of sp³-hybridized carbons (Fsp3) is 0.750. The lowest BCUT2D eigenvalue weighted by molar-refractivity contribution is -0.134. The van der Waals surface area contributed by atoms with E-state index in [1.165, 1.54) is 13.8 Å². The van der Waals surface area contributed by atoms with E-state index in [1.807, 2.05) is 20.8 Å². The quantitative estimate of drug-likeness (QED) is 0.711. The summed E-state index contributed by atoms with van der Waals surface area (Å²) in [6.07, 6.45) is -6.09. The van der Waals surface area contributed by atoms with E-state index in [2.05, 4.69) is 15.8 Å². The Bertz CT molecular complexity index is 750. The number of carbonyl (C=O) groups excluding carboxylic acids is 1. The lowest BCUT2D eigenvalue weighted by Gasteiger charge is -2.25. The van der Waals surface area contributed by atoms with Crippen molar-refractivity contribution in [2.75, 3.05) is 17.6 Å². The van der Waals surface area contributed by atoms with Gasteiger partial charge in [-0.15, -0.1) is 0 Å². The van der Waals surface area contributed by atoms with Gasteiger partial charge in [0.1, 0.15) is 0 Å². The molecular formula is C16H26F3N3O4S. The van der Waals surface area contributed by atoms with Crippen molar-refractivity contribution in [2.24, 2.45) is 0 Å². The number of urea groups is 1. The second-order valence-corrected chi connectivity index (χ2v) is 10.7. The number of alkyl halides is 3. The molecule has 0 unspecified atom stereocenters. The van der Waals surface area contributed by atoms with E-state index in [-0.39, 0.29) is 17.8 Å². The maximum Gasteiger partial charge on any atom is 0.389 e. The number of nitrogens with zero attached hydrogens (tertiary/aromatic N) is 1. The second-order valence-electron chi connectivity index (χ2n) is 7.93. The Morgan fingerprint density at radius 2 is 1.78 bits per heavy atom. The van der Waals surface area contributed by atoms with Gasteiger partial charge in [0, 0.05) is 24.4 Å². The lowest BCUT2D eigenvalue weighted by atomic mass is 9.92. The van der Waals surface area contributed by atoms with Crippen molar-refractivity contribution in [1.29, 1.82) is 0 Å². The van der Waals surface area contributed by atoms with Gasteiger partial charge in [0.15, 0.2) is 9.84 Å². The van der Waals surface area contributed by atoms with Gasteiger partial charge in [0.25, 0.3) is 0 Å². The summed E-state index contributed by atoms with van der Waals surface area (Å²) in [4.78, 5) is 11.9. The highest BCUT2D eigenvalue weighted by molar-refractivity contribution is 7.92. The van der Waals surface area contributed by atoms with Crippen molar-refractivity contribution < 1.29 is 30.9 Å². The molecule has 156 valence electrons. The zero-order valence-corrected chi connectivity index (χ0v) is 16.8. The van der Waals surface area contributed by atoms with E-state index < -0.39 is 45.4 Å². The summed E-state index contributed by atoms with van der Waals surface area (Å²) in [5.41, 5.74) is 0.359. The number of hydrogen-bond donors (Lipinski definition) is 2. The topological polar surface area (TPSA) is 101 Å². The standard InChI is InChI=1S/C16H26F3N3O4S/c1-14(2,3)11-9-12(26-22-11)21-13(23)20-10-15(4,5)27(24,25)8-6-7-16(17,18)19/h9H,6-8,10H2,1-5H3,(H2,20,21,23). The summed E-state index contributed by atoms with van der Waals surface area (Å²) >= 11 is 0. The van der Waals surface area contributed by atoms with E-state index in [0.29, 0.717) is 5.69 Å². The summed E-state index contributed by atoms with van der Waals surface area (Å²) in [5.74, 6) is -0.511. The minimum atomic E-state index is -4.40. The third-order valence-electron chi connectivity index (χ3n) is 3.91. The molecule has 7 nitrogen and oxygen atoms in total. The molecular weight excluding hydrogens is 387 g/mol. The Morgan fingerprint density at radius 1 is 1.19 bits per heavy atom. The number of carbonyl (C=O) groups is 1. The van der Waals surface area contributed by atoms with E-state index in [4.69, 9.17) is 4.52 Å². The normalized spacial score (nSPS) is 13.5. The number of rotatable bonds is 7. The highest BCUT2D eigenvalue weighted by Gasteiger charge is 2.36. The molecule has 11 heteroatoms. The number of nitrogens with one attached hydrogen (secondary N) is 2. The molecule has 0 spiro atoms. The predicted molar refractivity (Wildman–Crippen MR) is 95.4 cm³/mol. The van der Waals surface area contributed by atoms with Crippen LogP contribution in [0, 0.1) is 0 Å². The van der Waals surface area contributed by atoms with Gasteiger partial charge in [-0.05, 0) is 20.3 Å². The third-order valence-corrected chi connectivity index (χ3v) is 6.56. The first-order valence-electron chi connectivity index (χ1n) is 8.35. The van der Waals surface area contributed by atoms with E-state index in [9.17, 15) is 26.4 Å². The Labute approximate surface area is 157 Å². The van der Waals surface area contributed by atoms with Gasteiger partial charge in [-0.3, -0.25) is 5.32 Å². The van der Waals surface area contributed by atoms with Crippen LogP contribution in [0.5, 0.6) is 0 Å². The average Bonchev–Trinajstić information content (AvgIpc) is 2.92. The van der Waals surface area contributed by atoms with Crippen LogP contribution in [0.3, 0.4) is 0 Å². The fourth-order valence-electron chi connectivity index (χ4n) is 1.99. The molecule has 0 aliphatic carbocycles. The van der Waals surface area contributed by atoms with Crippen molar-refractivity contribution in [2.45, 2.75) is 63.8 Å². The summed E-state index contributed by atoms with van der Waals surface area (Å²) in [7, 11) is -3.84. The average molecular weight is 413 g/mol. The molecule has 27 heavy (non-hydrogen) atoms. The molecule has 0 saturated heterocycles. The minimum Gasteiger partial charge on any atom is -0.338 e. The van der Waals surface area contributed by atoms with Crippen molar-refractivity contribution in [3.8, 4) is 0 Å². The predicted octanol–water partition coefficient (Wildman–Crippen LogP) is 3.63. The molecule has 1 rings (SSSR count). The van der Waals surface area contributed by atoms with Crippen molar-refractivity contribution >= 4 is 21.8 Å². The Kier molecular flexibility index (Phi) is 6.95. The Morgan fingerprint density at radius 3 is 2.26 bits per heavy atom. The monoisotopic (exact) mass is 413 g/mol. The molecule has 0 aliphatic heterocycles. The zero-order chi connectivity index (χ0) is 21.1. The Hall–Kier alpha value is -1.78. The number of halogens is 3. The van der Waals surface area contributed by atoms with Gasteiger partial charge in [-0.25, -0.2) is 13.2 Å². The highest BCUT2D eigenvalue weighted by atomic mass is 32.2. The van der Waals surface area contributed by atoms with Crippen LogP contribution in [0.4, 0.5) is 23.8 Å². The summed E-state index contributed by atoms with van der Waals surface area (Å²) in [6, 6.07) is 0.851. The van der Waals surface area contributed by atoms with Gasteiger partial charge >= 0.3 is 12.2 Å². The largest absolute Gasteiger partial charge is 0.389 e. The summed E-state index contributed by atoms with van der Waals surface area (Å²) in [6.45, 7) is 8.18. The van der Waals surface area contributed by atoms with E-state index in [0.717, 1.165) is 0 Å². The zero-order valence-electron chi connectivity index (χ0n) is 16.0. The van der Waals surface area contributed by atoms with Crippen LogP contribution < -0.4 is 10.6 Å². The van der Waals surface area contributed by atoms with Gasteiger partial charge in [-0.1, -0.05) is 25.9 Å². The SMILES string of the molecule is CC(C)(C)c1cc(NC(=O)NCC(C)(C)S(=O)(=O)CCCC(F)(F)F)on1. The number of sulfone groups is 1. The molecule has 0 fully saturated rings. The van der Waals surface area contributed by atoms with Crippen LogP contribution in [0.15, 0.2) is 10.6 Å². The van der Waals surface area contributed by atoms with E-state index in [1.54, 1.807) is 6.07 Å². The molecule has 2 N–H and O–H groups in total. The maximum atomic E-state index is 12.3. The van der Waals surface area contributed by atoms with Gasteiger partial charge in [0.05, 0.1) is 16.2 Å². The smallest absolute Gasteiger partial charge is 0.338 e. The maximum absolute atomic E-state index is 12.3. The first-order valence-corrected chi connectivity index (χ1v) is 10.00. The highest BCUT2D eigenvalue weighted by Crippen LogP contribution is 2.25. The first-order chi connectivity index (χ1) is 12.0. The molecule has 1 aromatic heterocycles. The molecule has 0 saturated carbocycles. The van der Waals surface area contributed by atoms with Crippen LogP contribution in [-0.4, -0.2) is 42.8 Å². The third kappa shape index (κ3) is 7.39. The lowest BCUT2D eigenvalue weighted by Crippen LogP contribution is -2.46. The van der Waals surface area contributed by atoms with Crippen molar-refractivity contribution in [3.05, 3.63) is 11.8 Å². The van der Waals surface area contributed by atoms with Crippen LogP contribution >= 0.6 is 0 Å². The van der Waals surface area contributed by atoms with Gasteiger partial charge in [-0.2, -0.15) is 13.2 Å². The molecule has 0 aromatic carbocycles. The molecule has 2 amide bonds. The summed E-state index contributed by atoms with van der Waals surface area (Å²) < 4.78 is 64.7. The Balaban J connectivity index is 2.59. The van der Waals surface area contributed by atoms with Crippen LogP contribution in [0.2, 0.25) is 0 Å². The van der Waals surface area contributed by atoms with Crippen LogP contribution in [0.1, 0.15) is 53.2 Å². The number of aromatic nitrogens is 1. The second kappa shape index (κ2) is 8.07. The molecule has 0 bridgehead atoms. The molecule has 0 radical (unpaired) electrons. The number of amides is 2. The summed E-state index contributed by atoms with van der Waals surface area (Å²) in [5, 5.41) is 8.63.